The molecule has 3 rings (SSSR count). The number of alkyl halides is 3. The van der Waals surface area contributed by atoms with Crippen LogP contribution in [0.2, 0.25) is 0 Å². The van der Waals surface area contributed by atoms with Crippen LogP contribution in [-0.2, 0) is 10.9 Å². The molecule has 0 saturated heterocycles. The first-order valence-electron chi connectivity index (χ1n) is 7.31. The second-order valence-corrected chi connectivity index (χ2v) is 6.15. The van der Waals surface area contributed by atoms with E-state index in [1.807, 2.05) is 6.92 Å². The zero-order chi connectivity index (χ0) is 17.7. The maximum Gasteiger partial charge on any atom is 0.416 e. The molecule has 0 unspecified atom stereocenters. The number of hydrogen-bond donors (Lipinski definition) is 0. The van der Waals surface area contributed by atoms with E-state index in [0.29, 0.717) is 16.9 Å². The lowest BCUT2D eigenvalue weighted by molar-refractivity contribution is -0.137. The zero-order valence-electron chi connectivity index (χ0n) is 13.3. The van der Waals surface area contributed by atoms with Gasteiger partial charge < -0.3 is 9.47 Å². The molecule has 0 atom stereocenters. The monoisotopic (exact) mass is 336 g/mol. The van der Waals surface area contributed by atoms with Crippen molar-refractivity contribution >= 4 is 5.97 Å². The normalized spacial score (nSPS) is 16.2. The van der Waals surface area contributed by atoms with Gasteiger partial charge in [0, 0.05) is 19.4 Å². The number of esters is 1. The summed E-state index contributed by atoms with van der Waals surface area (Å²) >= 11 is 0. The first kappa shape index (κ1) is 16.4. The summed E-state index contributed by atoms with van der Waals surface area (Å²) < 4.78 is 49.1. The maximum atomic E-state index is 12.7. The molecule has 0 N–H and O–H groups in total. The molecule has 0 aromatic heterocycles. The van der Waals surface area contributed by atoms with Gasteiger partial charge in [0.15, 0.2) is 0 Å². The lowest BCUT2D eigenvalue weighted by Crippen LogP contribution is -2.39. The number of benzene rings is 2. The van der Waals surface area contributed by atoms with Gasteiger partial charge in [-0.15, -0.1) is 0 Å². The van der Waals surface area contributed by atoms with Gasteiger partial charge in [-0.05, 0) is 36.2 Å². The van der Waals surface area contributed by atoms with Crippen molar-refractivity contribution < 1.29 is 27.4 Å². The first-order valence-corrected chi connectivity index (χ1v) is 7.31. The van der Waals surface area contributed by atoms with Gasteiger partial charge in [-0.3, -0.25) is 0 Å². The van der Waals surface area contributed by atoms with E-state index in [1.165, 1.54) is 12.1 Å². The smallest absolute Gasteiger partial charge is 0.416 e. The van der Waals surface area contributed by atoms with Crippen molar-refractivity contribution in [1.29, 1.82) is 0 Å². The molecule has 1 aliphatic heterocycles. The zero-order valence-corrected chi connectivity index (χ0v) is 13.3. The third-order valence-electron chi connectivity index (χ3n) is 3.67. The van der Waals surface area contributed by atoms with Crippen molar-refractivity contribution in [2.45, 2.75) is 32.7 Å². The minimum Gasteiger partial charge on any atom is -0.452 e. The second kappa shape index (κ2) is 5.26. The largest absolute Gasteiger partial charge is 0.452 e. The number of carbonyl (C=O) groups excluding carboxylic acids is 1. The summed E-state index contributed by atoms with van der Waals surface area (Å²) in [5, 5.41) is 0. The molecule has 1 heterocycles. The maximum absolute atomic E-state index is 12.7. The molecule has 0 radical (unpaired) electrons. The Balaban J connectivity index is 2.13. The molecule has 3 nitrogen and oxygen atoms in total. The Labute approximate surface area is 137 Å². The van der Waals surface area contributed by atoms with Gasteiger partial charge >= 0.3 is 12.1 Å². The highest BCUT2D eigenvalue weighted by atomic mass is 19.4. The van der Waals surface area contributed by atoms with Crippen LogP contribution in [-0.4, -0.2) is 11.8 Å². The Morgan fingerprint density at radius 2 is 1.62 bits per heavy atom. The van der Waals surface area contributed by atoms with Crippen molar-refractivity contribution in [3.63, 3.8) is 0 Å². The highest BCUT2D eigenvalue weighted by Crippen LogP contribution is 2.39. The van der Waals surface area contributed by atoms with Gasteiger partial charge in [-0.2, -0.15) is 13.2 Å². The number of fused-ring (bicyclic) bond motifs is 1. The Morgan fingerprint density at radius 3 is 2.21 bits per heavy atom. The minimum absolute atomic E-state index is 0.222. The number of cyclic esters (lactones) is 1. The van der Waals surface area contributed by atoms with Crippen LogP contribution in [0.25, 0.3) is 11.1 Å². The molecular weight excluding hydrogens is 321 g/mol. The van der Waals surface area contributed by atoms with Gasteiger partial charge in [-0.1, -0.05) is 18.2 Å². The number of aryl methyl sites for hydroxylation is 1. The van der Waals surface area contributed by atoms with Gasteiger partial charge in [0.1, 0.15) is 11.3 Å². The number of hydrogen-bond acceptors (Lipinski definition) is 3. The summed E-state index contributed by atoms with van der Waals surface area (Å²) in [6.07, 6.45) is -4.41. The first-order chi connectivity index (χ1) is 11.1. The molecule has 0 spiro atoms. The van der Waals surface area contributed by atoms with Crippen LogP contribution in [0.15, 0.2) is 36.4 Å². The molecule has 1 aliphatic rings. The Kier molecular flexibility index (Phi) is 3.59. The predicted molar refractivity (Wildman–Crippen MR) is 81.7 cm³/mol. The lowest BCUT2D eigenvalue weighted by Gasteiger charge is -2.33. The number of ether oxygens (including phenoxy) is 2. The Morgan fingerprint density at radius 1 is 1.00 bits per heavy atom. The SMILES string of the molecule is Cc1cc2c(c(-c3ccc(C(F)(F)F)cc3)c1)C(=O)OC(C)(C)O2. The molecule has 0 bridgehead atoms. The van der Waals surface area contributed by atoms with Crippen LogP contribution in [0.3, 0.4) is 0 Å². The van der Waals surface area contributed by atoms with Crippen molar-refractivity contribution in [2.75, 3.05) is 0 Å². The van der Waals surface area contributed by atoms with Crippen molar-refractivity contribution in [3.05, 3.63) is 53.1 Å². The molecule has 0 fully saturated rings. The average Bonchev–Trinajstić information content (AvgIpc) is 2.43. The molecule has 6 heteroatoms. The van der Waals surface area contributed by atoms with E-state index in [-0.39, 0.29) is 5.56 Å². The molecular formula is C18H15F3O3. The molecule has 2 aromatic carbocycles. The molecule has 24 heavy (non-hydrogen) atoms. The van der Waals surface area contributed by atoms with E-state index >= 15 is 0 Å². The third-order valence-corrected chi connectivity index (χ3v) is 3.67. The third kappa shape index (κ3) is 2.96. The molecule has 0 saturated carbocycles. The fourth-order valence-corrected chi connectivity index (χ4v) is 2.67. The Hall–Kier alpha value is -2.50. The molecule has 126 valence electrons. The quantitative estimate of drug-likeness (QED) is 0.690. The summed E-state index contributed by atoms with van der Waals surface area (Å²) in [6.45, 7) is 5.06. The van der Waals surface area contributed by atoms with Crippen LogP contribution in [0, 0.1) is 6.92 Å². The van der Waals surface area contributed by atoms with Crippen LogP contribution in [0.1, 0.15) is 35.3 Å². The summed E-state index contributed by atoms with van der Waals surface area (Å²) in [7, 11) is 0. The topological polar surface area (TPSA) is 35.5 Å². The summed E-state index contributed by atoms with van der Waals surface area (Å²) in [4.78, 5) is 12.4. The predicted octanol–water partition coefficient (Wildman–Crippen LogP) is 4.97. The summed E-state index contributed by atoms with van der Waals surface area (Å²) in [5.41, 5.74) is 1.28. The standard InChI is InChI=1S/C18H15F3O3/c1-10-8-13(11-4-6-12(7-5-11)18(19,20)21)15-14(9-10)23-17(2,3)24-16(15)22/h4-9H,1-3H3. The van der Waals surface area contributed by atoms with Crippen molar-refractivity contribution in [2.24, 2.45) is 0 Å². The van der Waals surface area contributed by atoms with Gasteiger partial charge in [0.05, 0.1) is 5.56 Å². The van der Waals surface area contributed by atoms with Crippen LogP contribution in [0.4, 0.5) is 13.2 Å². The van der Waals surface area contributed by atoms with E-state index in [4.69, 9.17) is 9.47 Å². The van der Waals surface area contributed by atoms with Crippen LogP contribution < -0.4 is 4.74 Å². The van der Waals surface area contributed by atoms with E-state index in [9.17, 15) is 18.0 Å². The fraction of sp³-hybridized carbons (Fsp3) is 0.278. The van der Waals surface area contributed by atoms with Crippen molar-refractivity contribution in [1.82, 2.24) is 0 Å². The van der Waals surface area contributed by atoms with E-state index in [0.717, 1.165) is 17.7 Å². The number of carbonyl (C=O) groups is 1. The average molecular weight is 336 g/mol. The Bertz CT molecular complexity index is 805. The van der Waals surface area contributed by atoms with Gasteiger partial charge in [-0.25, -0.2) is 4.79 Å². The number of rotatable bonds is 1. The highest BCUT2D eigenvalue weighted by molar-refractivity contribution is 6.01. The van der Waals surface area contributed by atoms with Crippen LogP contribution in [0.5, 0.6) is 5.75 Å². The molecule has 0 amide bonds. The minimum atomic E-state index is -4.41. The summed E-state index contributed by atoms with van der Waals surface area (Å²) in [5.74, 6) is -1.28. The second-order valence-electron chi connectivity index (χ2n) is 6.15. The number of halogens is 3. The van der Waals surface area contributed by atoms with E-state index < -0.39 is 23.5 Å². The van der Waals surface area contributed by atoms with E-state index in [2.05, 4.69) is 0 Å². The summed E-state index contributed by atoms with van der Waals surface area (Å²) in [6, 6.07) is 8.09. The van der Waals surface area contributed by atoms with Gasteiger partial charge in [0.2, 0.25) is 5.79 Å². The van der Waals surface area contributed by atoms with Gasteiger partial charge in [0.25, 0.3) is 0 Å². The van der Waals surface area contributed by atoms with Crippen molar-refractivity contribution in [3.8, 4) is 16.9 Å². The molecule has 2 aromatic rings. The molecule has 0 aliphatic carbocycles. The van der Waals surface area contributed by atoms with E-state index in [1.54, 1.807) is 26.0 Å². The fourth-order valence-electron chi connectivity index (χ4n) is 2.67. The van der Waals surface area contributed by atoms with Crippen LogP contribution >= 0.6 is 0 Å². The highest BCUT2D eigenvalue weighted by Gasteiger charge is 2.36. The lowest BCUT2D eigenvalue weighted by atomic mass is 9.95.